The number of nitrogens with one attached hydrogen (secondary N) is 1. The zero-order valence-corrected chi connectivity index (χ0v) is 13.6. The molecule has 0 fully saturated rings. The maximum atomic E-state index is 13.7. The van der Waals surface area contributed by atoms with Gasteiger partial charge in [-0.3, -0.25) is 0 Å². The maximum absolute atomic E-state index is 13.7. The molecule has 1 aromatic carbocycles. The molecule has 0 saturated heterocycles. The van der Waals surface area contributed by atoms with Gasteiger partial charge in [-0.25, -0.2) is 8.78 Å². The Bertz CT molecular complexity index is 676. The van der Waals surface area contributed by atoms with Gasteiger partial charge in [-0.15, -0.1) is 11.3 Å². The summed E-state index contributed by atoms with van der Waals surface area (Å²) in [5, 5.41) is 15.3. The van der Waals surface area contributed by atoms with Crippen LogP contribution in [0.3, 0.4) is 0 Å². The van der Waals surface area contributed by atoms with Crippen LogP contribution < -0.4 is 5.32 Å². The quantitative estimate of drug-likeness (QED) is 0.878. The number of hydrogen-bond acceptors (Lipinski definition) is 4. The van der Waals surface area contributed by atoms with E-state index < -0.39 is 17.7 Å². The Hall–Kier alpha value is -1.34. The summed E-state index contributed by atoms with van der Waals surface area (Å²) in [6, 6.07) is 5.11. The van der Waals surface area contributed by atoms with Crippen LogP contribution in [0.2, 0.25) is 0 Å². The Balaban J connectivity index is 1.63. The third-order valence-corrected chi connectivity index (χ3v) is 5.11. The molecule has 0 spiro atoms. The standard InChI is InChI=1S/C17H19F2NO2S/c1-10(17-12-5-7-23-16(12)4-6-22-17)20-9-15(21)13-8-11(18)2-3-14(13)19/h2-3,5,7-8,10,15,17,20-21H,4,6,9H2,1H3. The van der Waals surface area contributed by atoms with Crippen molar-refractivity contribution >= 4 is 11.3 Å². The Morgan fingerprint density at radius 2 is 2.22 bits per heavy atom. The van der Waals surface area contributed by atoms with E-state index in [1.54, 1.807) is 11.3 Å². The van der Waals surface area contributed by atoms with Gasteiger partial charge in [0, 0.05) is 29.4 Å². The van der Waals surface area contributed by atoms with Gasteiger partial charge >= 0.3 is 0 Å². The summed E-state index contributed by atoms with van der Waals surface area (Å²) in [6.45, 7) is 2.76. The fraction of sp³-hybridized carbons (Fsp3) is 0.412. The molecule has 0 aliphatic carbocycles. The number of fused-ring (bicyclic) bond motifs is 1. The van der Waals surface area contributed by atoms with Gasteiger partial charge < -0.3 is 15.2 Å². The van der Waals surface area contributed by atoms with Crippen LogP contribution in [-0.4, -0.2) is 24.3 Å². The highest BCUT2D eigenvalue weighted by molar-refractivity contribution is 7.10. The van der Waals surface area contributed by atoms with E-state index in [1.165, 1.54) is 10.4 Å². The monoisotopic (exact) mass is 339 g/mol. The Labute approximate surface area is 137 Å². The summed E-state index contributed by atoms with van der Waals surface area (Å²) in [7, 11) is 0. The lowest BCUT2D eigenvalue weighted by Crippen LogP contribution is -2.38. The molecular formula is C17H19F2NO2S. The number of benzene rings is 1. The zero-order chi connectivity index (χ0) is 16.4. The molecule has 124 valence electrons. The molecule has 1 aromatic heterocycles. The third kappa shape index (κ3) is 3.61. The van der Waals surface area contributed by atoms with E-state index in [0.29, 0.717) is 6.61 Å². The molecule has 1 aliphatic heterocycles. The zero-order valence-electron chi connectivity index (χ0n) is 12.8. The normalized spacial score (nSPS) is 20.1. The molecule has 23 heavy (non-hydrogen) atoms. The second kappa shape index (κ2) is 7.05. The van der Waals surface area contributed by atoms with Gasteiger partial charge in [0.1, 0.15) is 11.6 Å². The van der Waals surface area contributed by atoms with E-state index in [9.17, 15) is 13.9 Å². The smallest absolute Gasteiger partial charge is 0.129 e. The first-order valence-electron chi connectivity index (χ1n) is 7.60. The molecule has 3 atom stereocenters. The minimum absolute atomic E-state index is 0.0366. The summed E-state index contributed by atoms with van der Waals surface area (Å²) < 4.78 is 32.7. The highest BCUT2D eigenvalue weighted by Gasteiger charge is 2.27. The van der Waals surface area contributed by atoms with E-state index in [-0.39, 0.29) is 24.3 Å². The number of thiophene rings is 1. The van der Waals surface area contributed by atoms with E-state index in [1.807, 2.05) is 6.92 Å². The van der Waals surface area contributed by atoms with E-state index in [2.05, 4.69) is 16.8 Å². The third-order valence-electron chi connectivity index (χ3n) is 4.12. The van der Waals surface area contributed by atoms with Crippen LogP contribution in [0.5, 0.6) is 0 Å². The SMILES string of the molecule is CC(NCC(O)c1cc(F)ccc1F)C1OCCc2sccc21. The maximum Gasteiger partial charge on any atom is 0.129 e. The molecular weight excluding hydrogens is 320 g/mol. The molecule has 2 heterocycles. The fourth-order valence-corrected chi connectivity index (χ4v) is 3.77. The van der Waals surface area contributed by atoms with E-state index in [4.69, 9.17) is 4.74 Å². The van der Waals surface area contributed by atoms with Gasteiger partial charge in [-0.05, 0) is 42.1 Å². The number of halogens is 2. The lowest BCUT2D eigenvalue weighted by molar-refractivity contribution is 0.0175. The number of rotatable bonds is 5. The molecule has 0 radical (unpaired) electrons. The first-order chi connectivity index (χ1) is 11.1. The number of aliphatic hydroxyl groups excluding tert-OH is 1. The second-order valence-electron chi connectivity index (χ2n) is 5.72. The van der Waals surface area contributed by atoms with Gasteiger partial charge in [0.05, 0.1) is 18.8 Å². The first kappa shape index (κ1) is 16.5. The van der Waals surface area contributed by atoms with E-state index in [0.717, 1.165) is 24.6 Å². The average Bonchev–Trinajstić information content (AvgIpc) is 3.03. The molecule has 0 amide bonds. The van der Waals surface area contributed by atoms with Gasteiger partial charge in [-0.2, -0.15) is 0 Å². The van der Waals surface area contributed by atoms with Crippen molar-refractivity contribution in [2.45, 2.75) is 31.6 Å². The Morgan fingerprint density at radius 3 is 3.04 bits per heavy atom. The van der Waals surface area contributed by atoms with Crippen LogP contribution >= 0.6 is 11.3 Å². The minimum Gasteiger partial charge on any atom is -0.387 e. The largest absolute Gasteiger partial charge is 0.387 e. The molecule has 2 N–H and O–H groups in total. The highest BCUT2D eigenvalue weighted by Crippen LogP contribution is 2.33. The summed E-state index contributed by atoms with van der Waals surface area (Å²) in [4.78, 5) is 1.33. The molecule has 1 aliphatic rings. The van der Waals surface area contributed by atoms with Crippen LogP contribution in [0, 0.1) is 11.6 Å². The second-order valence-corrected chi connectivity index (χ2v) is 6.72. The van der Waals surface area contributed by atoms with E-state index >= 15 is 0 Å². The molecule has 3 nitrogen and oxygen atoms in total. The minimum atomic E-state index is -1.11. The lowest BCUT2D eigenvalue weighted by atomic mass is 10.00. The van der Waals surface area contributed by atoms with Gasteiger partial charge in [0.15, 0.2) is 0 Å². The van der Waals surface area contributed by atoms with Crippen molar-refractivity contribution in [2.24, 2.45) is 0 Å². The molecule has 6 heteroatoms. The summed E-state index contributed by atoms with van der Waals surface area (Å²) >= 11 is 1.72. The number of aliphatic hydroxyl groups is 1. The highest BCUT2D eigenvalue weighted by atomic mass is 32.1. The van der Waals surface area contributed by atoms with Crippen LogP contribution in [0.25, 0.3) is 0 Å². The molecule has 0 saturated carbocycles. The van der Waals surface area contributed by atoms with Crippen molar-refractivity contribution in [3.8, 4) is 0 Å². The van der Waals surface area contributed by atoms with Crippen molar-refractivity contribution in [3.63, 3.8) is 0 Å². The van der Waals surface area contributed by atoms with Crippen LogP contribution in [-0.2, 0) is 11.2 Å². The van der Waals surface area contributed by atoms with Crippen LogP contribution in [0.1, 0.15) is 35.1 Å². The molecule has 3 unspecified atom stereocenters. The summed E-state index contributed by atoms with van der Waals surface area (Å²) in [5.41, 5.74) is 1.14. The van der Waals surface area contributed by atoms with Crippen molar-refractivity contribution < 1.29 is 18.6 Å². The topological polar surface area (TPSA) is 41.5 Å². The Kier molecular flexibility index (Phi) is 5.06. The predicted molar refractivity (Wildman–Crippen MR) is 85.5 cm³/mol. The number of hydrogen-bond donors (Lipinski definition) is 2. The summed E-state index contributed by atoms with van der Waals surface area (Å²) in [6.07, 6.45) is -0.277. The average molecular weight is 339 g/mol. The van der Waals surface area contributed by atoms with Gasteiger partial charge in [0.2, 0.25) is 0 Å². The number of ether oxygens (including phenoxy) is 1. The van der Waals surface area contributed by atoms with Crippen LogP contribution in [0.4, 0.5) is 8.78 Å². The molecule has 0 bridgehead atoms. The van der Waals surface area contributed by atoms with Crippen LogP contribution in [0.15, 0.2) is 29.6 Å². The van der Waals surface area contributed by atoms with Gasteiger partial charge in [-0.1, -0.05) is 0 Å². The van der Waals surface area contributed by atoms with Crippen molar-refractivity contribution in [1.82, 2.24) is 5.32 Å². The van der Waals surface area contributed by atoms with Crippen molar-refractivity contribution in [2.75, 3.05) is 13.2 Å². The molecule has 2 aromatic rings. The molecule has 3 rings (SSSR count). The fourth-order valence-electron chi connectivity index (χ4n) is 2.87. The van der Waals surface area contributed by atoms with Crippen molar-refractivity contribution in [1.29, 1.82) is 0 Å². The first-order valence-corrected chi connectivity index (χ1v) is 8.48. The predicted octanol–water partition coefficient (Wildman–Crippen LogP) is 3.35. The Morgan fingerprint density at radius 1 is 1.39 bits per heavy atom. The van der Waals surface area contributed by atoms with Crippen molar-refractivity contribution in [3.05, 3.63) is 57.3 Å². The lowest BCUT2D eigenvalue weighted by Gasteiger charge is -2.30. The van der Waals surface area contributed by atoms with Gasteiger partial charge in [0.25, 0.3) is 0 Å². The summed E-state index contributed by atoms with van der Waals surface area (Å²) in [5.74, 6) is -1.17.